The molecule has 0 aromatic carbocycles. The van der Waals surface area contributed by atoms with Gasteiger partial charge >= 0.3 is 0 Å². The standard InChI is InChI=1S/C17H21N7OS/c1-10-5-13-15(19-9-20-16(13)26-10)24-4-3-12(8-24)23(2)7-11-6-14(25)22-17(18)21-11/h5-6,9,12H,3-4,7-8H2,1-2H3,(H3,18,21,22,25)/t12-/m0/s1. The molecule has 0 saturated carbocycles. The number of nitrogens with one attached hydrogen (secondary N) is 1. The second-order valence-corrected chi connectivity index (χ2v) is 7.93. The predicted molar refractivity (Wildman–Crippen MR) is 104 cm³/mol. The minimum atomic E-state index is -0.217. The fourth-order valence-electron chi connectivity index (χ4n) is 3.50. The molecule has 0 amide bonds. The van der Waals surface area contributed by atoms with Crippen molar-refractivity contribution < 1.29 is 0 Å². The van der Waals surface area contributed by atoms with Gasteiger partial charge in [-0.15, -0.1) is 11.3 Å². The predicted octanol–water partition coefficient (Wildman–Crippen LogP) is 1.38. The summed E-state index contributed by atoms with van der Waals surface area (Å²) < 4.78 is 0. The van der Waals surface area contributed by atoms with Gasteiger partial charge < -0.3 is 10.6 Å². The zero-order chi connectivity index (χ0) is 18.3. The number of aryl methyl sites for hydroxylation is 1. The Hall–Kier alpha value is -2.52. The highest BCUT2D eigenvalue weighted by Gasteiger charge is 2.28. The maximum atomic E-state index is 11.6. The minimum absolute atomic E-state index is 0.158. The van der Waals surface area contributed by atoms with Crippen LogP contribution in [-0.4, -0.2) is 51.0 Å². The van der Waals surface area contributed by atoms with Crippen LogP contribution in [0.25, 0.3) is 10.2 Å². The maximum Gasteiger partial charge on any atom is 0.252 e. The fourth-order valence-corrected chi connectivity index (χ4v) is 4.35. The summed E-state index contributed by atoms with van der Waals surface area (Å²) in [5.74, 6) is 1.17. The number of hydrogen-bond acceptors (Lipinski definition) is 8. The lowest BCUT2D eigenvalue weighted by molar-refractivity contribution is 0.247. The van der Waals surface area contributed by atoms with Gasteiger partial charge in [0.25, 0.3) is 5.56 Å². The molecule has 3 N–H and O–H groups in total. The summed E-state index contributed by atoms with van der Waals surface area (Å²) in [5, 5.41) is 1.13. The molecule has 4 heterocycles. The molecule has 8 nitrogen and oxygen atoms in total. The number of nitrogens with zero attached hydrogens (tertiary/aromatic N) is 5. The second-order valence-electron chi connectivity index (χ2n) is 6.70. The lowest BCUT2D eigenvalue weighted by Gasteiger charge is -2.24. The molecule has 0 aliphatic carbocycles. The molecule has 0 radical (unpaired) electrons. The van der Waals surface area contributed by atoms with E-state index in [1.165, 1.54) is 10.9 Å². The molecule has 0 spiro atoms. The van der Waals surface area contributed by atoms with Gasteiger partial charge in [-0.2, -0.15) is 0 Å². The number of H-pyrrole nitrogens is 1. The number of thiophene rings is 1. The van der Waals surface area contributed by atoms with Crippen LogP contribution < -0.4 is 16.2 Å². The SMILES string of the molecule is Cc1cc2c(N3CC[C@H](N(C)Cc4cc(=O)[nH]c(N)n4)C3)ncnc2s1. The van der Waals surface area contributed by atoms with Crippen LogP contribution in [0.5, 0.6) is 0 Å². The summed E-state index contributed by atoms with van der Waals surface area (Å²) in [5.41, 5.74) is 6.10. The molecular formula is C17H21N7OS. The van der Waals surface area contributed by atoms with Gasteiger partial charge in [0.15, 0.2) is 0 Å². The van der Waals surface area contributed by atoms with E-state index in [-0.39, 0.29) is 11.5 Å². The van der Waals surface area contributed by atoms with Gasteiger partial charge in [-0.1, -0.05) is 0 Å². The minimum Gasteiger partial charge on any atom is -0.369 e. The first-order valence-corrected chi connectivity index (χ1v) is 9.33. The van der Waals surface area contributed by atoms with Crippen molar-refractivity contribution in [2.24, 2.45) is 0 Å². The lowest BCUT2D eigenvalue weighted by Crippen LogP contribution is -2.35. The molecule has 1 aliphatic rings. The van der Waals surface area contributed by atoms with Crippen LogP contribution in [0.15, 0.2) is 23.3 Å². The van der Waals surface area contributed by atoms with Crippen molar-refractivity contribution in [2.75, 3.05) is 30.8 Å². The Kier molecular flexibility index (Phi) is 4.33. The van der Waals surface area contributed by atoms with Crippen LogP contribution in [0.1, 0.15) is 17.0 Å². The molecule has 1 fully saturated rings. The van der Waals surface area contributed by atoms with Crippen LogP contribution in [0, 0.1) is 6.92 Å². The average molecular weight is 371 g/mol. The first kappa shape index (κ1) is 16.9. The van der Waals surface area contributed by atoms with Crippen LogP contribution in [-0.2, 0) is 6.54 Å². The molecule has 3 aromatic rings. The van der Waals surface area contributed by atoms with Crippen molar-refractivity contribution in [3.63, 3.8) is 0 Å². The number of aromatic nitrogens is 4. The normalized spacial score (nSPS) is 17.5. The van der Waals surface area contributed by atoms with Gasteiger partial charge in [-0.05, 0) is 26.5 Å². The summed E-state index contributed by atoms with van der Waals surface area (Å²) in [6.07, 6.45) is 2.68. The fraction of sp³-hybridized carbons (Fsp3) is 0.412. The van der Waals surface area contributed by atoms with Crippen molar-refractivity contribution in [3.8, 4) is 0 Å². The number of rotatable bonds is 4. The summed E-state index contributed by atoms with van der Waals surface area (Å²) in [7, 11) is 2.05. The zero-order valence-corrected chi connectivity index (χ0v) is 15.6. The van der Waals surface area contributed by atoms with E-state index in [1.807, 2.05) is 0 Å². The number of fused-ring (bicyclic) bond motifs is 1. The van der Waals surface area contributed by atoms with Crippen molar-refractivity contribution in [1.29, 1.82) is 0 Å². The lowest BCUT2D eigenvalue weighted by atomic mass is 10.2. The first-order chi connectivity index (χ1) is 12.5. The molecule has 1 atom stereocenters. The maximum absolute atomic E-state index is 11.6. The Balaban J connectivity index is 1.50. The van der Waals surface area contributed by atoms with Gasteiger partial charge in [0.2, 0.25) is 5.95 Å². The van der Waals surface area contributed by atoms with Crippen molar-refractivity contribution in [1.82, 2.24) is 24.8 Å². The molecule has 3 aromatic heterocycles. The Labute approximate surface area is 154 Å². The van der Waals surface area contributed by atoms with E-state index in [0.29, 0.717) is 18.3 Å². The monoisotopic (exact) mass is 371 g/mol. The molecule has 0 unspecified atom stereocenters. The second kappa shape index (κ2) is 6.65. The summed E-state index contributed by atoms with van der Waals surface area (Å²) in [6.45, 7) is 4.51. The van der Waals surface area contributed by atoms with Gasteiger partial charge in [0, 0.05) is 36.6 Å². The largest absolute Gasteiger partial charge is 0.369 e. The summed E-state index contributed by atoms with van der Waals surface area (Å²) in [6, 6.07) is 4.03. The summed E-state index contributed by atoms with van der Waals surface area (Å²) >= 11 is 1.70. The van der Waals surface area contributed by atoms with Crippen LogP contribution in [0.3, 0.4) is 0 Å². The molecule has 1 saturated heterocycles. The van der Waals surface area contributed by atoms with Gasteiger partial charge in [0.1, 0.15) is 17.0 Å². The van der Waals surface area contributed by atoms with Gasteiger partial charge in [0.05, 0.1) is 11.1 Å². The van der Waals surface area contributed by atoms with E-state index in [1.54, 1.807) is 17.7 Å². The average Bonchev–Trinajstić information content (AvgIpc) is 3.18. The Morgan fingerprint density at radius 2 is 2.27 bits per heavy atom. The van der Waals surface area contributed by atoms with Gasteiger partial charge in [-0.25, -0.2) is 15.0 Å². The van der Waals surface area contributed by atoms with Crippen LogP contribution in [0.2, 0.25) is 0 Å². The Morgan fingerprint density at radius 3 is 3.08 bits per heavy atom. The van der Waals surface area contributed by atoms with Gasteiger partial charge in [-0.3, -0.25) is 14.7 Å². The number of nitrogen functional groups attached to an aromatic ring is 1. The molecule has 136 valence electrons. The first-order valence-electron chi connectivity index (χ1n) is 8.51. The Bertz CT molecular complexity index is 998. The van der Waals surface area contributed by atoms with E-state index in [4.69, 9.17) is 5.73 Å². The van der Waals surface area contributed by atoms with E-state index in [0.717, 1.165) is 35.5 Å². The van der Waals surface area contributed by atoms with Crippen molar-refractivity contribution >= 4 is 33.3 Å². The highest BCUT2D eigenvalue weighted by molar-refractivity contribution is 7.18. The van der Waals surface area contributed by atoms with Crippen LogP contribution >= 0.6 is 11.3 Å². The summed E-state index contributed by atoms with van der Waals surface area (Å²) in [4.78, 5) is 34.0. The number of hydrogen-bond donors (Lipinski definition) is 2. The number of anilines is 2. The molecule has 4 rings (SSSR count). The van der Waals surface area contributed by atoms with E-state index >= 15 is 0 Å². The third-order valence-corrected chi connectivity index (χ3v) is 5.70. The zero-order valence-electron chi connectivity index (χ0n) is 14.8. The number of aromatic amines is 1. The molecule has 9 heteroatoms. The van der Waals surface area contributed by atoms with E-state index < -0.39 is 0 Å². The number of likely N-dealkylation sites (N-methyl/N-ethyl adjacent to an activating group) is 1. The molecule has 26 heavy (non-hydrogen) atoms. The van der Waals surface area contributed by atoms with E-state index in [9.17, 15) is 4.79 Å². The third kappa shape index (κ3) is 3.27. The highest BCUT2D eigenvalue weighted by atomic mass is 32.1. The Morgan fingerprint density at radius 1 is 1.42 bits per heavy atom. The number of nitrogens with two attached hydrogens (primary N) is 1. The van der Waals surface area contributed by atoms with E-state index in [2.05, 4.69) is 49.8 Å². The topological polar surface area (TPSA) is 104 Å². The third-order valence-electron chi connectivity index (χ3n) is 4.74. The molecule has 1 aliphatic heterocycles. The highest BCUT2D eigenvalue weighted by Crippen LogP contribution is 2.32. The van der Waals surface area contributed by atoms with Crippen LogP contribution in [0.4, 0.5) is 11.8 Å². The van der Waals surface area contributed by atoms with Crippen molar-refractivity contribution in [3.05, 3.63) is 39.4 Å². The molecular weight excluding hydrogens is 350 g/mol. The quantitative estimate of drug-likeness (QED) is 0.714. The smallest absolute Gasteiger partial charge is 0.252 e. The molecule has 0 bridgehead atoms. The van der Waals surface area contributed by atoms with Crippen molar-refractivity contribution in [2.45, 2.75) is 25.9 Å².